The lowest BCUT2D eigenvalue weighted by Crippen LogP contribution is -2.16. The van der Waals surface area contributed by atoms with Gasteiger partial charge in [0.05, 0.1) is 10.2 Å². The molecule has 0 amide bonds. The van der Waals surface area contributed by atoms with Crippen molar-refractivity contribution < 1.29 is 0 Å². The van der Waals surface area contributed by atoms with Crippen LogP contribution in [0.4, 0.5) is 0 Å². The molecule has 0 aromatic carbocycles. The first kappa shape index (κ1) is 13.4. The minimum absolute atomic E-state index is 0.144. The maximum atomic E-state index is 6.12. The molecule has 4 nitrogen and oxygen atoms in total. The van der Waals surface area contributed by atoms with Crippen LogP contribution in [-0.4, -0.2) is 19.9 Å². The zero-order valence-electron chi connectivity index (χ0n) is 10.3. The quantitative estimate of drug-likeness (QED) is 0.750. The van der Waals surface area contributed by atoms with E-state index in [0.717, 1.165) is 10.2 Å². The van der Waals surface area contributed by atoms with Crippen LogP contribution >= 0.6 is 27.5 Å². The third kappa shape index (κ3) is 2.67. The third-order valence-corrected chi connectivity index (χ3v) is 3.54. The highest BCUT2D eigenvalue weighted by Crippen LogP contribution is 2.33. The Balaban J connectivity index is 2.62. The second-order valence-electron chi connectivity index (χ2n) is 4.82. The highest BCUT2D eigenvalue weighted by Gasteiger charge is 2.23. The van der Waals surface area contributed by atoms with Gasteiger partial charge in [0, 0.05) is 17.8 Å². The summed E-state index contributed by atoms with van der Waals surface area (Å²) < 4.78 is 0.719. The fraction of sp³-hybridized carbons (Fsp3) is 0.333. The first-order chi connectivity index (χ1) is 8.39. The van der Waals surface area contributed by atoms with Crippen LogP contribution < -0.4 is 0 Å². The lowest BCUT2D eigenvalue weighted by Gasteiger charge is -2.20. The molecule has 2 heterocycles. The maximum Gasteiger partial charge on any atom is 0.199 e. The second kappa shape index (κ2) is 4.90. The van der Waals surface area contributed by atoms with Gasteiger partial charge in [-0.3, -0.25) is 0 Å². The summed E-state index contributed by atoms with van der Waals surface area (Å²) in [6.07, 6.45) is 3.30. The van der Waals surface area contributed by atoms with Crippen LogP contribution in [-0.2, 0) is 5.41 Å². The van der Waals surface area contributed by atoms with E-state index in [-0.39, 0.29) is 5.41 Å². The van der Waals surface area contributed by atoms with Gasteiger partial charge in [-0.15, -0.1) is 0 Å². The van der Waals surface area contributed by atoms with Crippen LogP contribution in [0.15, 0.2) is 22.9 Å². The SMILES string of the molecule is CC(C)(C)c1nc(-c2ncccn2)nc(Cl)c1Br. The predicted molar refractivity (Wildman–Crippen MR) is 74.5 cm³/mol. The first-order valence-electron chi connectivity index (χ1n) is 5.40. The summed E-state index contributed by atoms with van der Waals surface area (Å²) in [4.78, 5) is 17.0. The maximum absolute atomic E-state index is 6.12. The van der Waals surface area contributed by atoms with E-state index in [1.807, 2.05) is 0 Å². The molecular formula is C12H12BrClN4. The van der Waals surface area contributed by atoms with Gasteiger partial charge in [-0.05, 0) is 22.0 Å². The molecule has 18 heavy (non-hydrogen) atoms. The minimum Gasteiger partial charge on any atom is -0.234 e. The average molecular weight is 328 g/mol. The fourth-order valence-corrected chi connectivity index (χ4v) is 2.37. The van der Waals surface area contributed by atoms with Crippen molar-refractivity contribution in [3.8, 4) is 11.6 Å². The zero-order chi connectivity index (χ0) is 13.3. The second-order valence-corrected chi connectivity index (χ2v) is 5.97. The number of hydrogen-bond donors (Lipinski definition) is 0. The van der Waals surface area contributed by atoms with Gasteiger partial charge < -0.3 is 0 Å². The van der Waals surface area contributed by atoms with Crippen molar-refractivity contribution in [1.29, 1.82) is 0 Å². The van der Waals surface area contributed by atoms with Gasteiger partial charge in [-0.1, -0.05) is 32.4 Å². The number of nitrogens with zero attached hydrogens (tertiary/aromatic N) is 4. The zero-order valence-corrected chi connectivity index (χ0v) is 12.6. The predicted octanol–water partition coefficient (Wildman–Crippen LogP) is 3.65. The van der Waals surface area contributed by atoms with Crippen LogP contribution in [0.2, 0.25) is 5.15 Å². The summed E-state index contributed by atoms with van der Waals surface area (Å²) in [5, 5.41) is 0.373. The van der Waals surface area contributed by atoms with Gasteiger partial charge in [0.2, 0.25) is 0 Å². The molecule has 2 rings (SSSR count). The van der Waals surface area contributed by atoms with Gasteiger partial charge >= 0.3 is 0 Å². The Morgan fingerprint density at radius 1 is 1.06 bits per heavy atom. The minimum atomic E-state index is -0.144. The Morgan fingerprint density at radius 3 is 2.22 bits per heavy atom. The van der Waals surface area contributed by atoms with Crippen molar-refractivity contribution in [2.24, 2.45) is 0 Å². The number of aromatic nitrogens is 4. The van der Waals surface area contributed by atoms with Crippen LogP contribution in [0.3, 0.4) is 0 Å². The van der Waals surface area contributed by atoms with E-state index in [4.69, 9.17) is 11.6 Å². The molecule has 0 N–H and O–H groups in total. The highest BCUT2D eigenvalue weighted by atomic mass is 79.9. The molecule has 6 heteroatoms. The van der Waals surface area contributed by atoms with E-state index >= 15 is 0 Å². The molecule has 0 aliphatic heterocycles. The Hall–Kier alpha value is -1.07. The highest BCUT2D eigenvalue weighted by molar-refractivity contribution is 9.10. The van der Waals surface area contributed by atoms with Crippen LogP contribution in [0.5, 0.6) is 0 Å². The molecule has 0 saturated carbocycles. The molecule has 0 saturated heterocycles. The Bertz CT molecular complexity index is 566. The normalized spacial score (nSPS) is 11.6. The third-order valence-electron chi connectivity index (χ3n) is 2.29. The first-order valence-corrected chi connectivity index (χ1v) is 6.57. The monoisotopic (exact) mass is 326 g/mol. The molecule has 0 atom stereocenters. The number of rotatable bonds is 1. The lowest BCUT2D eigenvalue weighted by molar-refractivity contribution is 0.564. The molecule has 0 bridgehead atoms. The van der Waals surface area contributed by atoms with Crippen molar-refractivity contribution in [2.75, 3.05) is 0 Å². The summed E-state index contributed by atoms with van der Waals surface area (Å²) in [7, 11) is 0. The van der Waals surface area contributed by atoms with Gasteiger partial charge in [0.15, 0.2) is 11.6 Å². The summed E-state index contributed by atoms with van der Waals surface area (Å²) in [5.41, 5.74) is 0.694. The Morgan fingerprint density at radius 2 is 1.67 bits per heavy atom. The summed E-state index contributed by atoms with van der Waals surface area (Å²) in [6, 6.07) is 1.74. The molecule has 0 unspecified atom stereocenters. The van der Waals surface area contributed by atoms with Gasteiger partial charge in [0.25, 0.3) is 0 Å². The topological polar surface area (TPSA) is 51.6 Å². The molecular weight excluding hydrogens is 316 g/mol. The summed E-state index contributed by atoms with van der Waals surface area (Å²) in [6.45, 7) is 6.18. The molecule has 0 aliphatic carbocycles. The van der Waals surface area contributed by atoms with Crippen molar-refractivity contribution in [3.63, 3.8) is 0 Å². The lowest BCUT2D eigenvalue weighted by atomic mass is 9.92. The molecule has 94 valence electrons. The van der Waals surface area contributed by atoms with Gasteiger partial charge in [-0.2, -0.15) is 0 Å². The van der Waals surface area contributed by atoms with E-state index in [9.17, 15) is 0 Å². The average Bonchev–Trinajstić information content (AvgIpc) is 2.32. The van der Waals surface area contributed by atoms with Crippen LogP contribution in [0.25, 0.3) is 11.6 Å². The molecule has 0 aliphatic rings. The number of hydrogen-bond acceptors (Lipinski definition) is 4. The van der Waals surface area contributed by atoms with E-state index in [1.165, 1.54) is 0 Å². The molecule has 0 radical (unpaired) electrons. The van der Waals surface area contributed by atoms with Gasteiger partial charge in [0.1, 0.15) is 5.15 Å². The Labute approximate surface area is 119 Å². The van der Waals surface area contributed by atoms with E-state index < -0.39 is 0 Å². The smallest absolute Gasteiger partial charge is 0.199 e. The molecule has 2 aromatic heterocycles. The van der Waals surface area contributed by atoms with E-state index in [1.54, 1.807) is 18.5 Å². The van der Waals surface area contributed by atoms with E-state index in [0.29, 0.717) is 16.8 Å². The van der Waals surface area contributed by atoms with Crippen molar-refractivity contribution in [2.45, 2.75) is 26.2 Å². The standard InChI is InChI=1S/C12H12BrClN4/c1-12(2,3)8-7(13)9(14)18-11(17-8)10-15-5-4-6-16-10/h4-6H,1-3H3. The van der Waals surface area contributed by atoms with Gasteiger partial charge in [-0.25, -0.2) is 19.9 Å². The molecule has 2 aromatic rings. The fourth-order valence-electron chi connectivity index (χ4n) is 1.43. The Kier molecular flexibility index (Phi) is 3.64. The van der Waals surface area contributed by atoms with Crippen molar-refractivity contribution in [1.82, 2.24) is 19.9 Å². The van der Waals surface area contributed by atoms with Crippen molar-refractivity contribution in [3.05, 3.63) is 33.8 Å². The van der Waals surface area contributed by atoms with Crippen LogP contribution in [0, 0.1) is 0 Å². The molecule has 0 spiro atoms. The van der Waals surface area contributed by atoms with Crippen LogP contribution in [0.1, 0.15) is 26.5 Å². The number of halogens is 2. The van der Waals surface area contributed by atoms with Crippen molar-refractivity contribution >= 4 is 27.5 Å². The summed E-state index contributed by atoms with van der Waals surface area (Å²) in [5.74, 6) is 0.908. The van der Waals surface area contributed by atoms with E-state index in [2.05, 4.69) is 56.6 Å². The largest absolute Gasteiger partial charge is 0.234 e. The molecule has 0 fully saturated rings. The summed E-state index contributed by atoms with van der Waals surface area (Å²) >= 11 is 9.55.